The molecule has 0 spiro atoms. The van der Waals surface area contributed by atoms with E-state index in [1.54, 1.807) is 24.3 Å². The van der Waals surface area contributed by atoms with Crippen molar-refractivity contribution in [2.75, 3.05) is 0 Å². The van der Waals surface area contributed by atoms with E-state index in [2.05, 4.69) is 0 Å². The molecule has 60 valence electrons. The Kier molecular flexibility index (Phi) is 3.27. The van der Waals surface area contributed by atoms with E-state index >= 15 is 0 Å². The van der Waals surface area contributed by atoms with E-state index in [1.165, 1.54) is 0 Å². The molecule has 0 aliphatic rings. The van der Waals surface area contributed by atoms with Crippen LogP contribution in [0, 0.1) is 6.92 Å². The number of aromatic carboxylic acids is 1. The Hall–Kier alpha value is -1.35. The normalized spacial score (nSPS) is 8.45. The van der Waals surface area contributed by atoms with E-state index < -0.39 is 5.97 Å². The summed E-state index contributed by atoms with van der Waals surface area (Å²) in [5.74, 6) is -0.875. The van der Waals surface area contributed by atoms with E-state index in [0.717, 1.165) is 5.56 Å². The zero-order chi connectivity index (χ0) is 7.56. The summed E-state index contributed by atoms with van der Waals surface area (Å²) in [5.41, 5.74) is 1.41. The van der Waals surface area contributed by atoms with Crippen LogP contribution in [-0.2, 0) is 0 Å². The van der Waals surface area contributed by atoms with Crippen molar-refractivity contribution in [3.05, 3.63) is 35.4 Å². The highest BCUT2D eigenvalue weighted by Crippen LogP contribution is 2.01. The third-order valence-corrected chi connectivity index (χ3v) is 1.30. The van der Waals surface area contributed by atoms with E-state index in [1.807, 2.05) is 6.92 Å². The minimum atomic E-state index is -0.875. The Bertz CT molecular complexity index is 238. The summed E-state index contributed by atoms with van der Waals surface area (Å²) < 4.78 is 0. The molecule has 0 radical (unpaired) electrons. The minimum absolute atomic E-state index is 0. The largest absolute Gasteiger partial charge is 0.478 e. The molecule has 0 aromatic heterocycles. The number of benzene rings is 1. The average Bonchev–Trinajstić information content (AvgIpc) is 1.88. The quantitative estimate of drug-likeness (QED) is 0.652. The summed E-state index contributed by atoms with van der Waals surface area (Å²) in [4.78, 5) is 10.3. The third-order valence-electron chi connectivity index (χ3n) is 1.30. The van der Waals surface area contributed by atoms with Crippen molar-refractivity contribution < 1.29 is 15.4 Å². The SMILES string of the molecule is Cc1ccc(C(=O)O)cc1.O. The molecule has 11 heavy (non-hydrogen) atoms. The Morgan fingerprint density at radius 3 is 2.09 bits per heavy atom. The molecule has 1 aromatic rings. The van der Waals surface area contributed by atoms with Gasteiger partial charge in [-0.25, -0.2) is 4.79 Å². The fourth-order valence-corrected chi connectivity index (χ4v) is 0.696. The maximum Gasteiger partial charge on any atom is 0.335 e. The number of rotatable bonds is 1. The van der Waals surface area contributed by atoms with Gasteiger partial charge in [-0.1, -0.05) is 17.7 Å². The Balaban J connectivity index is 0.000001000. The minimum Gasteiger partial charge on any atom is -0.478 e. The van der Waals surface area contributed by atoms with Crippen molar-refractivity contribution in [1.29, 1.82) is 0 Å². The van der Waals surface area contributed by atoms with Crippen molar-refractivity contribution in [2.45, 2.75) is 6.92 Å². The summed E-state index contributed by atoms with van der Waals surface area (Å²) in [5, 5.41) is 8.48. The lowest BCUT2D eigenvalue weighted by Gasteiger charge is -1.92. The first-order valence-electron chi connectivity index (χ1n) is 3.00. The lowest BCUT2D eigenvalue weighted by molar-refractivity contribution is 0.0697. The number of hydrogen-bond donors (Lipinski definition) is 1. The van der Waals surface area contributed by atoms with Crippen LogP contribution < -0.4 is 0 Å². The van der Waals surface area contributed by atoms with Gasteiger partial charge in [0.1, 0.15) is 0 Å². The fourth-order valence-electron chi connectivity index (χ4n) is 0.696. The Morgan fingerprint density at radius 2 is 1.73 bits per heavy atom. The predicted octanol–water partition coefficient (Wildman–Crippen LogP) is 0.869. The molecule has 3 N–H and O–H groups in total. The molecular formula is C8H10O3. The highest BCUT2D eigenvalue weighted by atomic mass is 16.4. The highest BCUT2D eigenvalue weighted by molar-refractivity contribution is 5.87. The maximum absolute atomic E-state index is 10.3. The molecule has 0 fully saturated rings. The standard InChI is InChI=1S/C8H8O2.H2O/c1-6-2-4-7(5-3-6)8(9)10;/h2-5H,1H3,(H,9,10);1H2. The second kappa shape index (κ2) is 3.73. The average molecular weight is 154 g/mol. The van der Waals surface area contributed by atoms with Gasteiger partial charge in [0, 0.05) is 0 Å². The van der Waals surface area contributed by atoms with E-state index in [4.69, 9.17) is 5.11 Å². The van der Waals surface area contributed by atoms with Crippen molar-refractivity contribution in [2.24, 2.45) is 0 Å². The van der Waals surface area contributed by atoms with Gasteiger partial charge in [-0.15, -0.1) is 0 Å². The Morgan fingerprint density at radius 1 is 1.27 bits per heavy atom. The first-order valence-corrected chi connectivity index (χ1v) is 3.00. The highest BCUT2D eigenvalue weighted by Gasteiger charge is 1.98. The van der Waals surface area contributed by atoms with Crippen molar-refractivity contribution in [3.63, 3.8) is 0 Å². The molecule has 1 aromatic carbocycles. The van der Waals surface area contributed by atoms with Crippen molar-refractivity contribution >= 4 is 5.97 Å². The van der Waals surface area contributed by atoms with E-state index in [-0.39, 0.29) is 5.48 Å². The molecule has 0 aliphatic carbocycles. The smallest absolute Gasteiger partial charge is 0.335 e. The topological polar surface area (TPSA) is 68.8 Å². The monoisotopic (exact) mass is 154 g/mol. The van der Waals surface area contributed by atoms with Crippen LogP contribution in [0.3, 0.4) is 0 Å². The molecule has 3 heteroatoms. The zero-order valence-corrected chi connectivity index (χ0v) is 6.16. The van der Waals surface area contributed by atoms with Crippen LogP contribution in [-0.4, -0.2) is 16.6 Å². The fraction of sp³-hybridized carbons (Fsp3) is 0.125. The van der Waals surface area contributed by atoms with Gasteiger partial charge in [-0.3, -0.25) is 0 Å². The second-order valence-corrected chi connectivity index (χ2v) is 2.17. The van der Waals surface area contributed by atoms with Gasteiger partial charge in [0.25, 0.3) is 0 Å². The van der Waals surface area contributed by atoms with Crippen molar-refractivity contribution in [3.8, 4) is 0 Å². The number of aryl methyl sites for hydroxylation is 1. The van der Waals surface area contributed by atoms with Gasteiger partial charge in [-0.05, 0) is 19.1 Å². The molecule has 0 amide bonds. The third kappa shape index (κ3) is 2.39. The number of carboxylic acid groups (broad SMARTS) is 1. The second-order valence-electron chi connectivity index (χ2n) is 2.17. The van der Waals surface area contributed by atoms with Crippen LogP contribution in [0.2, 0.25) is 0 Å². The number of carboxylic acids is 1. The first-order chi connectivity index (χ1) is 4.70. The number of carbonyl (C=O) groups is 1. The van der Waals surface area contributed by atoms with Crippen LogP contribution in [0.1, 0.15) is 15.9 Å². The van der Waals surface area contributed by atoms with Crippen LogP contribution in [0.4, 0.5) is 0 Å². The van der Waals surface area contributed by atoms with Gasteiger partial charge >= 0.3 is 5.97 Å². The van der Waals surface area contributed by atoms with Crippen molar-refractivity contribution in [1.82, 2.24) is 0 Å². The van der Waals surface area contributed by atoms with E-state index in [9.17, 15) is 4.79 Å². The Labute approximate surface area is 64.6 Å². The van der Waals surface area contributed by atoms with Gasteiger partial charge in [0.15, 0.2) is 0 Å². The van der Waals surface area contributed by atoms with Crippen LogP contribution in [0.15, 0.2) is 24.3 Å². The van der Waals surface area contributed by atoms with Gasteiger partial charge in [-0.2, -0.15) is 0 Å². The molecule has 3 nitrogen and oxygen atoms in total. The lowest BCUT2D eigenvalue weighted by Crippen LogP contribution is -1.94. The van der Waals surface area contributed by atoms with Gasteiger partial charge < -0.3 is 10.6 Å². The van der Waals surface area contributed by atoms with Gasteiger partial charge in [0.2, 0.25) is 0 Å². The molecule has 0 saturated carbocycles. The lowest BCUT2D eigenvalue weighted by atomic mass is 10.2. The summed E-state index contributed by atoms with van der Waals surface area (Å²) >= 11 is 0. The zero-order valence-electron chi connectivity index (χ0n) is 6.16. The molecule has 0 bridgehead atoms. The molecule has 0 saturated heterocycles. The molecule has 1 rings (SSSR count). The molecule has 0 atom stereocenters. The van der Waals surface area contributed by atoms with E-state index in [0.29, 0.717) is 5.56 Å². The molecule has 0 heterocycles. The maximum atomic E-state index is 10.3. The summed E-state index contributed by atoms with van der Waals surface area (Å²) in [6.45, 7) is 1.92. The van der Waals surface area contributed by atoms with Crippen LogP contribution in [0.25, 0.3) is 0 Å². The summed E-state index contributed by atoms with van der Waals surface area (Å²) in [7, 11) is 0. The summed E-state index contributed by atoms with van der Waals surface area (Å²) in [6.07, 6.45) is 0. The molecule has 0 unspecified atom stereocenters. The first kappa shape index (κ1) is 9.65. The van der Waals surface area contributed by atoms with Crippen LogP contribution in [0.5, 0.6) is 0 Å². The van der Waals surface area contributed by atoms with Crippen LogP contribution >= 0.6 is 0 Å². The molecule has 0 aliphatic heterocycles. The summed E-state index contributed by atoms with van der Waals surface area (Å²) in [6, 6.07) is 6.75. The molecular weight excluding hydrogens is 144 g/mol. The number of hydrogen-bond acceptors (Lipinski definition) is 1. The predicted molar refractivity (Wildman–Crippen MR) is 41.8 cm³/mol. The van der Waals surface area contributed by atoms with Gasteiger partial charge in [0.05, 0.1) is 5.56 Å².